The molecule has 5 rings (SSSR count). The van der Waals surface area contributed by atoms with E-state index in [0.717, 1.165) is 37.9 Å². The molecule has 3 heterocycles. The molecule has 1 atom stereocenters. The highest BCUT2D eigenvalue weighted by Gasteiger charge is 2.34. The molecule has 2 aromatic heterocycles. The van der Waals surface area contributed by atoms with Crippen LogP contribution in [0.4, 0.5) is 5.82 Å². The first kappa shape index (κ1) is 19.8. The molecule has 0 bridgehead atoms. The van der Waals surface area contributed by atoms with Crippen LogP contribution < -0.4 is 10.1 Å². The second kappa shape index (κ2) is 7.50. The number of benzene rings is 2. The van der Waals surface area contributed by atoms with Crippen LogP contribution in [0.3, 0.4) is 0 Å². The summed E-state index contributed by atoms with van der Waals surface area (Å²) in [6.07, 6.45) is 0.407. The van der Waals surface area contributed by atoms with E-state index in [9.17, 15) is 4.79 Å². The quantitative estimate of drug-likeness (QED) is 0.471. The number of thiazole rings is 1. The Kier molecular flexibility index (Phi) is 4.78. The Balaban J connectivity index is 1.65. The second-order valence-corrected chi connectivity index (χ2v) is 9.25. The van der Waals surface area contributed by atoms with E-state index in [-0.39, 0.29) is 17.9 Å². The average molecular weight is 433 g/mol. The lowest BCUT2D eigenvalue weighted by atomic mass is 9.85. The van der Waals surface area contributed by atoms with E-state index in [2.05, 4.69) is 24.4 Å². The van der Waals surface area contributed by atoms with Crippen LogP contribution in [0.15, 0.2) is 42.5 Å². The van der Waals surface area contributed by atoms with Crippen LogP contribution in [0.1, 0.15) is 48.6 Å². The molecule has 1 N–H and O–H groups in total. The predicted molar refractivity (Wildman–Crippen MR) is 124 cm³/mol. The summed E-state index contributed by atoms with van der Waals surface area (Å²) in [5.41, 5.74) is 5.04. The molecular formula is C24H24N4O2S. The number of nitrogens with zero attached hydrogens (tertiary/aromatic N) is 3. The zero-order valence-corrected chi connectivity index (χ0v) is 18.8. The first-order valence-electron chi connectivity index (χ1n) is 10.4. The Bertz CT molecular complexity index is 1300. The molecule has 0 saturated carbocycles. The van der Waals surface area contributed by atoms with Gasteiger partial charge in [0.15, 0.2) is 0 Å². The van der Waals surface area contributed by atoms with Gasteiger partial charge in [-0.1, -0.05) is 35.6 Å². The number of aryl methyl sites for hydroxylation is 2. The topological polar surface area (TPSA) is 69.0 Å². The number of aromatic nitrogens is 3. The maximum atomic E-state index is 12.7. The van der Waals surface area contributed by atoms with E-state index in [1.54, 1.807) is 16.0 Å². The van der Waals surface area contributed by atoms with Gasteiger partial charge in [-0.2, -0.15) is 9.78 Å². The first-order valence-corrected chi connectivity index (χ1v) is 11.2. The zero-order chi connectivity index (χ0) is 21.7. The number of hydrogen-bond donors (Lipinski definition) is 1. The highest BCUT2D eigenvalue weighted by Crippen LogP contribution is 2.43. The van der Waals surface area contributed by atoms with Crippen molar-refractivity contribution in [1.82, 2.24) is 14.8 Å². The van der Waals surface area contributed by atoms with Crippen LogP contribution in [0.5, 0.6) is 5.75 Å². The zero-order valence-electron chi connectivity index (χ0n) is 18.0. The first-order chi connectivity index (χ1) is 14.9. The Hall–Kier alpha value is -3.19. The highest BCUT2D eigenvalue weighted by molar-refractivity contribution is 7.20. The molecule has 31 heavy (non-hydrogen) atoms. The van der Waals surface area contributed by atoms with Crippen molar-refractivity contribution >= 4 is 33.3 Å². The van der Waals surface area contributed by atoms with E-state index >= 15 is 0 Å². The Morgan fingerprint density at radius 3 is 2.81 bits per heavy atom. The minimum Gasteiger partial charge on any atom is -0.491 e. The Labute approximate surface area is 184 Å². The van der Waals surface area contributed by atoms with Gasteiger partial charge in [0.2, 0.25) is 11.0 Å². The van der Waals surface area contributed by atoms with Crippen LogP contribution in [0, 0.1) is 13.8 Å². The third kappa shape index (κ3) is 3.49. The van der Waals surface area contributed by atoms with Gasteiger partial charge in [0.25, 0.3) is 0 Å². The smallest absolute Gasteiger partial charge is 0.226 e. The monoisotopic (exact) mass is 432 g/mol. The minimum absolute atomic E-state index is 0.0324. The van der Waals surface area contributed by atoms with Crippen molar-refractivity contribution in [2.45, 2.75) is 46.1 Å². The van der Waals surface area contributed by atoms with Crippen molar-refractivity contribution in [1.29, 1.82) is 0 Å². The molecule has 1 aliphatic heterocycles. The van der Waals surface area contributed by atoms with E-state index in [1.807, 2.05) is 51.1 Å². The van der Waals surface area contributed by atoms with Crippen LogP contribution >= 0.6 is 11.3 Å². The van der Waals surface area contributed by atoms with E-state index in [1.165, 1.54) is 5.56 Å². The van der Waals surface area contributed by atoms with Crippen LogP contribution in [-0.2, 0) is 4.79 Å². The van der Waals surface area contributed by atoms with Crippen LogP contribution in [-0.4, -0.2) is 26.8 Å². The molecule has 1 aliphatic rings. The molecule has 0 saturated heterocycles. The molecule has 0 aliphatic carbocycles. The number of fused-ring (bicyclic) bond motifs is 2. The number of carbonyl (C=O) groups is 1. The van der Waals surface area contributed by atoms with Crippen molar-refractivity contribution in [3.63, 3.8) is 0 Å². The summed E-state index contributed by atoms with van der Waals surface area (Å²) >= 11 is 1.57. The molecule has 0 spiro atoms. The van der Waals surface area contributed by atoms with Gasteiger partial charge >= 0.3 is 0 Å². The van der Waals surface area contributed by atoms with Crippen LogP contribution in [0.25, 0.3) is 15.3 Å². The summed E-state index contributed by atoms with van der Waals surface area (Å²) in [5.74, 6) is 1.36. The maximum Gasteiger partial charge on any atom is 0.226 e. The predicted octanol–water partition coefficient (Wildman–Crippen LogP) is 5.36. The molecule has 0 unspecified atom stereocenters. The maximum absolute atomic E-state index is 12.7. The molecule has 6 nitrogen and oxygen atoms in total. The van der Waals surface area contributed by atoms with Crippen molar-refractivity contribution < 1.29 is 9.53 Å². The fourth-order valence-corrected chi connectivity index (χ4v) is 5.21. The Morgan fingerprint density at radius 2 is 2.00 bits per heavy atom. The number of carbonyl (C=O) groups excluding carboxylic acids is 1. The van der Waals surface area contributed by atoms with Gasteiger partial charge in [0.05, 0.1) is 22.0 Å². The summed E-state index contributed by atoms with van der Waals surface area (Å²) in [7, 11) is 0. The number of nitrogens with one attached hydrogen (secondary N) is 1. The summed E-state index contributed by atoms with van der Waals surface area (Å²) in [6.45, 7) is 8.07. The lowest BCUT2D eigenvalue weighted by Crippen LogP contribution is -2.25. The van der Waals surface area contributed by atoms with E-state index in [4.69, 9.17) is 14.8 Å². The third-order valence-electron chi connectivity index (χ3n) is 5.47. The molecule has 0 fully saturated rings. The Morgan fingerprint density at radius 1 is 1.19 bits per heavy atom. The van der Waals surface area contributed by atoms with E-state index in [0.29, 0.717) is 12.2 Å². The van der Waals surface area contributed by atoms with E-state index < -0.39 is 0 Å². The number of rotatable bonds is 4. The lowest BCUT2D eigenvalue weighted by molar-refractivity contribution is -0.116. The molecule has 1 amide bonds. The van der Waals surface area contributed by atoms with Crippen molar-refractivity contribution in [3.05, 3.63) is 64.8 Å². The third-order valence-corrected chi connectivity index (χ3v) is 6.47. The lowest BCUT2D eigenvalue weighted by Gasteiger charge is -2.26. The highest BCUT2D eigenvalue weighted by atomic mass is 32.1. The summed E-state index contributed by atoms with van der Waals surface area (Å²) in [6, 6.07) is 14.2. The molecule has 4 aromatic rings. The van der Waals surface area contributed by atoms with Gasteiger partial charge < -0.3 is 10.1 Å². The fraction of sp³-hybridized carbons (Fsp3) is 0.292. The number of para-hydroxylation sites is 1. The molecular weight excluding hydrogens is 408 g/mol. The molecule has 7 heteroatoms. The fourth-order valence-electron chi connectivity index (χ4n) is 4.19. The van der Waals surface area contributed by atoms with Crippen molar-refractivity contribution in [3.8, 4) is 10.9 Å². The standard InChI is InChI=1S/C24H24N4O2S/c1-13(2)30-19-8-6-5-7-16(19)17-12-21(29)26-23-22(17)15(4)27-28(23)24-25-18-10-9-14(3)11-20(18)31-24/h5-11,13,17H,12H2,1-4H3,(H,26,29)/t17-/m0/s1. The van der Waals surface area contributed by atoms with Crippen LogP contribution in [0.2, 0.25) is 0 Å². The molecule has 158 valence electrons. The van der Waals surface area contributed by atoms with Gasteiger partial charge in [-0.3, -0.25) is 4.79 Å². The van der Waals surface area contributed by atoms with Gasteiger partial charge in [-0.05, 0) is 51.5 Å². The van der Waals surface area contributed by atoms with Gasteiger partial charge in [0.1, 0.15) is 11.6 Å². The number of amides is 1. The van der Waals surface area contributed by atoms with Crippen molar-refractivity contribution in [2.24, 2.45) is 0 Å². The SMILES string of the molecule is Cc1ccc2nc(-n3nc(C)c4c3NC(=O)C[C@H]4c3ccccc3OC(C)C)sc2c1. The van der Waals surface area contributed by atoms with Gasteiger partial charge in [-0.25, -0.2) is 4.98 Å². The molecule has 0 radical (unpaired) electrons. The second-order valence-electron chi connectivity index (χ2n) is 8.24. The van der Waals surface area contributed by atoms with Gasteiger partial charge in [0, 0.05) is 23.5 Å². The summed E-state index contributed by atoms with van der Waals surface area (Å²) < 4.78 is 8.94. The van der Waals surface area contributed by atoms with Gasteiger partial charge in [-0.15, -0.1) is 0 Å². The number of hydrogen-bond acceptors (Lipinski definition) is 5. The summed E-state index contributed by atoms with van der Waals surface area (Å²) in [4.78, 5) is 17.5. The summed E-state index contributed by atoms with van der Waals surface area (Å²) in [5, 5.41) is 8.59. The number of anilines is 1. The number of ether oxygens (including phenoxy) is 1. The van der Waals surface area contributed by atoms with Crippen molar-refractivity contribution in [2.75, 3.05) is 5.32 Å². The minimum atomic E-state index is -0.121. The molecule has 2 aromatic carbocycles. The largest absolute Gasteiger partial charge is 0.491 e. The normalized spacial score (nSPS) is 15.9. The average Bonchev–Trinajstić information content (AvgIpc) is 3.28.